The summed E-state index contributed by atoms with van der Waals surface area (Å²) in [6, 6.07) is 0. The predicted molar refractivity (Wildman–Crippen MR) is 68.0 cm³/mol. The van der Waals surface area contributed by atoms with Gasteiger partial charge in [-0.3, -0.25) is 9.69 Å². The van der Waals surface area contributed by atoms with Crippen molar-refractivity contribution in [3.63, 3.8) is 0 Å². The van der Waals surface area contributed by atoms with Crippen molar-refractivity contribution in [3.8, 4) is 0 Å². The lowest BCUT2D eigenvalue weighted by Crippen LogP contribution is -2.49. The van der Waals surface area contributed by atoms with E-state index in [1.54, 1.807) is 16.8 Å². The summed E-state index contributed by atoms with van der Waals surface area (Å²) in [4.78, 5) is 25.4. The topological polar surface area (TPSA) is 79.3 Å². The average Bonchev–Trinajstić information content (AvgIpc) is 2.35. The van der Waals surface area contributed by atoms with Crippen LogP contribution in [0.4, 0.5) is 4.79 Å². The molecule has 108 valence electrons. The van der Waals surface area contributed by atoms with Crippen molar-refractivity contribution < 1.29 is 24.2 Å². The normalized spacial score (nSPS) is 19.3. The number of hydrogen-bond acceptors (Lipinski definition) is 5. The molecule has 1 N–H and O–H groups in total. The van der Waals surface area contributed by atoms with Gasteiger partial charge in [-0.1, -0.05) is 12.7 Å². The molecule has 0 aliphatic carbocycles. The van der Waals surface area contributed by atoms with E-state index in [1.807, 2.05) is 0 Å². The first kappa shape index (κ1) is 15.5. The smallest absolute Gasteiger partial charge is 0.410 e. The standard InChI is InChI=1S/C12H20N2O5/c1-3-5-19-12(17)14-4-6-18-10(8-14)7-13(2)9-11(15)16/h3,10H,1,4-9H2,2H3,(H,15,16). The maximum Gasteiger partial charge on any atom is 0.410 e. The summed E-state index contributed by atoms with van der Waals surface area (Å²) < 4.78 is 10.5. The largest absolute Gasteiger partial charge is 0.480 e. The Labute approximate surface area is 112 Å². The predicted octanol–water partition coefficient (Wildman–Crippen LogP) is 0.0262. The second-order valence-corrected chi connectivity index (χ2v) is 4.39. The molecule has 1 heterocycles. The number of morpholine rings is 1. The molecule has 0 aromatic carbocycles. The van der Waals surface area contributed by atoms with Crippen LogP contribution in [0.25, 0.3) is 0 Å². The van der Waals surface area contributed by atoms with Crippen molar-refractivity contribution in [1.29, 1.82) is 0 Å². The highest BCUT2D eigenvalue weighted by Gasteiger charge is 2.26. The molecule has 19 heavy (non-hydrogen) atoms. The Kier molecular flexibility index (Phi) is 6.31. The zero-order valence-electron chi connectivity index (χ0n) is 11.1. The van der Waals surface area contributed by atoms with Gasteiger partial charge in [-0.2, -0.15) is 0 Å². The van der Waals surface area contributed by atoms with Crippen molar-refractivity contribution >= 4 is 12.1 Å². The van der Waals surface area contributed by atoms with Crippen LogP contribution in [0.2, 0.25) is 0 Å². The van der Waals surface area contributed by atoms with E-state index in [2.05, 4.69) is 6.58 Å². The Balaban J connectivity index is 2.38. The number of carbonyl (C=O) groups excluding carboxylic acids is 1. The van der Waals surface area contributed by atoms with Crippen molar-refractivity contribution in [1.82, 2.24) is 9.80 Å². The average molecular weight is 272 g/mol. The molecule has 7 heteroatoms. The first-order valence-corrected chi connectivity index (χ1v) is 6.07. The minimum Gasteiger partial charge on any atom is -0.480 e. The minimum atomic E-state index is -0.888. The van der Waals surface area contributed by atoms with Gasteiger partial charge in [0, 0.05) is 13.1 Å². The summed E-state index contributed by atoms with van der Waals surface area (Å²) in [5.74, 6) is -0.888. The molecule has 0 aromatic rings. The van der Waals surface area contributed by atoms with Crippen LogP contribution in [0.15, 0.2) is 12.7 Å². The van der Waals surface area contributed by atoms with Crippen LogP contribution in [0, 0.1) is 0 Å². The zero-order chi connectivity index (χ0) is 14.3. The highest BCUT2D eigenvalue weighted by molar-refractivity contribution is 5.69. The van der Waals surface area contributed by atoms with E-state index in [4.69, 9.17) is 14.6 Å². The van der Waals surface area contributed by atoms with Gasteiger partial charge in [0.05, 0.1) is 25.8 Å². The Bertz CT molecular complexity index is 334. The van der Waals surface area contributed by atoms with Gasteiger partial charge in [-0.05, 0) is 7.05 Å². The molecule has 0 bridgehead atoms. The van der Waals surface area contributed by atoms with Crippen LogP contribution in [0.5, 0.6) is 0 Å². The highest BCUT2D eigenvalue weighted by Crippen LogP contribution is 2.08. The fourth-order valence-corrected chi connectivity index (χ4v) is 1.86. The summed E-state index contributed by atoms with van der Waals surface area (Å²) in [5, 5.41) is 8.67. The van der Waals surface area contributed by atoms with Crippen LogP contribution in [0.3, 0.4) is 0 Å². The molecule has 1 rings (SSSR count). The van der Waals surface area contributed by atoms with Crippen LogP contribution < -0.4 is 0 Å². The molecule has 1 unspecified atom stereocenters. The Hall–Kier alpha value is -1.60. The molecular formula is C12H20N2O5. The molecule has 0 radical (unpaired) electrons. The molecule has 1 aliphatic heterocycles. The molecule has 1 saturated heterocycles. The number of rotatable bonds is 6. The van der Waals surface area contributed by atoms with Gasteiger partial charge in [0.1, 0.15) is 6.61 Å². The molecule has 1 aliphatic rings. The van der Waals surface area contributed by atoms with Crippen LogP contribution in [0.1, 0.15) is 0 Å². The number of amides is 1. The number of carbonyl (C=O) groups is 2. The number of nitrogens with zero attached hydrogens (tertiary/aromatic N) is 2. The lowest BCUT2D eigenvalue weighted by atomic mass is 10.2. The monoisotopic (exact) mass is 272 g/mol. The van der Waals surface area contributed by atoms with Gasteiger partial charge in [-0.25, -0.2) is 4.79 Å². The van der Waals surface area contributed by atoms with Crippen LogP contribution >= 0.6 is 0 Å². The van der Waals surface area contributed by atoms with Gasteiger partial charge in [0.25, 0.3) is 0 Å². The number of likely N-dealkylation sites (N-methyl/N-ethyl adjacent to an activating group) is 1. The fraction of sp³-hybridized carbons (Fsp3) is 0.667. The third-order valence-corrected chi connectivity index (χ3v) is 2.64. The zero-order valence-corrected chi connectivity index (χ0v) is 11.1. The molecule has 1 amide bonds. The summed E-state index contributed by atoms with van der Waals surface area (Å²) in [6.07, 6.45) is 0.916. The first-order valence-electron chi connectivity index (χ1n) is 6.07. The maximum absolute atomic E-state index is 11.7. The second-order valence-electron chi connectivity index (χ2n) is 4.39. The Morgan fingerprint density at radius 2 is 2.37 bits per heavy atom. The van der Waals surface area contributed by atoms with Gasteiger partial charge in [0.15, 0.2) is 0 Å². The number of hydrogen-bond donors (Lipinski definition) is 1. The van der Waals surface area contributed by atoms with E-state index < -0.39 is 12.1 Å². The van der Waals surface area contributed by atoms with Crippen LogP contribution in [-0.4, -0.2) is 79.5 Å². The summed E-state index contributed by atoms with van der Waals surface area (Å²) >= 11 is 0. The number of aliphatic carboxylic acids is 1. The molecule has 0 aromatic heterocycles. The summed E-state index contributed by atoms with van der Waals surface area (Å²) in [5.41, 5.74) is 0. The van der Waals surface area contributed by atoms with E-state index in [0.29, 0.717) is 26.2 Å². The highest BCUT2D eigenvalue weighted by atomic mass is 16.6. The van der Waals surface area contributed by atoms with Gasteiger partial charge >= 0.3 is 12.1 Å². The molecule has 1 atom stereocenters. The third-order valence-electron chi connectivity index (χ3n) is 2.64. The van der Waals surface area contributed by atoms with E-state index in [0.717, 1.165) is 0 Å². The molecule has 0 saturated carbocycles. The SMILES string of the molecule is C=CCOC(=O)N1CCOC(CN(C)CC(=O)O)C1. The molecule has 7 nitrogen and oxygen atoms in total. The van der Waals surface area contributed by atoms with Crippen molar-refractivity contribution in [2.24, 2.45) is 0 Å². The minimum absolute atomic E-state index is 0.0548. The molecule has 0 spiro atoms. The number of carboxylic acid groups (broad SMARTS) is 1. The van der Waals surface area contributed by atoms with Gasteiger partial charge in [-0.15, -0.1) is 0 Å². The first-order chi connectivity index (χ1) is 9.02. The molecule has 1 fully saturated rings. The van der Waals surface area contributed by atoms with E-state index in [-0.39, 0.29) is 19.3 Å². The Morgan fingerprint density at radius 3 is 3.00 bits per heavy atom. The Morgan fingerprint density at radius 1 is 1.63 bits per heavy atom. The lowest BCUT2D eigenvalue weighted by molar-refractivity contribution is -0.138. The quantitative estimate of drug-likeness (QED) is 0.687. The van der Waals surface area contributed by atoms with Gasteiger partial charge in [0.2, 0.25) is 0 Å². The van der Waals surface area contributed by atoms with Gasteiger partial charge < -0.3 is 19.5 Å². The van der Waals surface area contributed by atoms with E-state index in [1.165, 1.54) is 6.08 Å². The van der Waals surface area contributed by atoms with Crippen molar-refractivity contribution in [2.45, 2.75) is 6.10 Å². The van der Waals surface area contributed by atoms with Crippen molar-refractivity contribution in [3.05, 3.63) is 12.7 Å². The van der Waals surface area contributed by atoms with E-state index >= 15 is 0 Å². The maximum atomic E-state index is 11.7. The lowest BCUT2D eigenvalue weighted by Gasteiger charge is -2.33. The third kappa shape index (κ3) is 5.71. The fourth-order valence-electron chi connectivity index (χ4n) is 1.86. The number of ether oxygens (including phenoxy) is 2. The van der Waals surface area contributed by atoms with Crippen molar-refractivity contribution in [2.75, 3.05) is 46.4 Å². The summed E-state index contributed by atoms with van der Waals surface area (Å²) in [6.45, 7) is 5.37. The summed E-state index contributed by atoms with van der Waals surface area (Å²) in [7, 11) is 1.70. The van der Waals surface area contributed by atoms with E-state index in [9.17, 15) is 9.59 Å². The van der Waals surface area contributed by atoms with Crippen LogP contribution in [-0.2, 0) is 14.3 Å². The second kappa shape index (κ2) is 7.75. The molecular weight excluding hydrogens is 252 g/mol. The number of carboxylic acids is 1.